The van der Waals surface area contributed by atoms with Gasteiger partial charge < -0.3 is 5.32 Å². The number of amides is 3. The maximum absolute atomic E-state index is 12.0. The Hall–Kier alpha value is -2.53. The molecule has 3 N–H and O–H groups in total. The number of halogens is 1. The molecule has 120 valence electrons. The molecule has 0 aliphatic heterocycles. The summed E-state index contributed by atoms with van der Waals surface area (Å²) < 4.78 is 0. The van der Waals surface area contributed by atoms with Crippen LogP contribution in [0, 0.1) is 0 Å². The number of carbonyl (C=O) groups excluding carboxylic acids is 2. The fourth-order valence-corrected chi connectivity index (χ4v) is 2.03. The van der Waals surface area contributed by atoms with Crippen LogP contribution in [0.2, 0.25) is 5.02 Å². The molecule has 0 radical (unpaired) electrons. The van der Waals surface area contributed by atoms with Gasteiger partial charge in [-0.25, -0.2) is 10.2 Å². The van der Waals surface area contributed by atoms with E-state index in [4.69, 9.17) is 11.6 Å². The second kappa shape index (κ2) is 7.65. The van der Waals surface area contributed by atoms with Gasteiger partial charge in [-0.05, 0) is 47.9 Å². The average Bonchev–Trinajstić information content (AvgIpc) is 2.55. The van der Waals surface area contributed by atoms with Gasteiger partial charge in [0.1, 0.15) is 0 Å². The number of rotatable bonds is 3. The molecule has 5 nitrogen and oxygen atoms in total. The number of carbonyl (C=O) groups is 2. The standard InChI is InChI=1S/C17H18ClN3O2/c1-11(2)12-3-5-13(6-4-12)16(22)20-21-17(23)19-15-9-7-14(18)8-10-15/h3-11H,1-2H3,(H,20,22)(H2,19,21,23). The third-order valence-corrected chi connectivity index (χ3v) is 3.48. The Balaban J connectivity index is 1.85. The van der Waals surface area contributed by atoms with Crippen LogP contribution in [0.15, 0.2) is 48.5 Å². The lowest BCUT2D eigenvalue weighted by molar-refractivity contribution is 0.0938. The quantitative estimate of drug-likeness (QED) is 0.746. The summed E-state index contributed by atoms with van der Waals surface area (Å²) in [4.78, 5) is 23.7. The molecule has 0 aliphatic rings. The van der Waals surface area contributed by atoms with Crippen LogP contribution in [0.4, 0.5) is 10.5 Å². The molecule has 0 spiro atoms. The van der Waals surface area contributed by atoms with E-state index in [1.165, 1.54) is 0 Å². The Labute approximate surface area is 140 Å². The van der Waals surface area contributed by atoms with Gasteiger partial charge >= 0.3 is 6.03 Å². The van der Waals surface area contributed by atoms with Gasteiger partial charge in [0, 0.05) is 16.3 Å². The molecule has 0 aromatic heterocycles. The first kappa shape index (κ1) is 16.8. The Morgan fingerprint density at radius 3 is 2.09 bits per heavy atom. The molecule has 23 heavy (non-hydrogen) atoms. The second-order valence-electron chi connectivity index (χ2n) is 5.32. The number of anilines is 1. The van der Waals surface area contributed by atoms with Crippen LogP contribution >= 0.6 is 11.6 Å². The number of hydrogen-bond donors (Lipinski definition) is 3. The van der Waals surface area contributed by atoms with E-state index in [0.717, 1.165) is 5.56 Å². The van der Waals surface area contributed by atoms with E-state index in [1.54, 1.807) is 36.4 Å². The van der Waals surface area contributed by atoms with Gasteiger partial charge in [0.2, 0.25) is 0 Å². The molecule has 0 fully saturated rings. The van der Waals surface area contributed by atoms with Crippen molar-refractivity contribution in [3.05, 3.63) is 64.7 Å². The molecule has 0 saturated heterocycles. The number of hydrogen-bond acceptors (Lipinski definition) is 2. The van der Waals surface area contributed by atoms with E-state index in [0.29, 0.717) is 22.2 Å². The summed E-state index contributed by atoms with van der Waals surface area (Å²) in [5, 5.41) is 3.15. The first-order chi connectivity index (χ1) is 11.0. The zero-order valence-corrected chi connectivity index (χ0v) is 13.6. The lowest BCUT2D eigenvalue weighted by Gasteiger charge is -2.10. The Kier molecular flexibility index (Phi) is 5.60. The molecule has 3 amide bonds. The molecular weight excluding hydrogens is 314 g/mol. The van der Waals surface area contributed by atoms with Crippen molar-refractivity contribution in [3.8, 4) is 0 Å². The van der Waals surface area contributed by atoms with Gasteiger partial charge in [-0.15, -0.1) is 0 Å². The summed E-state index contributed by atoms with van der Waals surface area (Å²) in [6.45, 7) is 4.16. The third-order valence-electron chi connectivity index (χ3n) is 3.23. The minimum absolute atomic E-state index is 0.383. The van der Waals surface area contributed by atoms with Crippen molar-refractivity contribution in [2.75, 3.05) is 5.32 Å². The summed E-state index contributed by atoms with van der Waals surface area (Å²) in [6, 6.07) is 13.3. The maximum atomic E-state index is 12.0. The highest BCUT2D eigenvalue weighted by atomic mass is 35.5. The van der Waals surface area contributed by atoms with Crippen molar-refractivity contribution in [3.63, 3.8) is 0 Å². The lowest BCUT2D eigenvalue weighted by atomic mass is 10.0. The van der Waals surface area contributed by atoms with E-state index in [-0.39, 0.29) is 5.91 Å². The van der Waals surface area contributed by atoms with Crippen LogP contribution in [-0.4, -0.2) is 11.9 Å². The molecule has 2 aromatic rings. The molecule has 0 heterocycles. The number of benzene rings is 2. The average molecular weight is 332 g/mol. The molecule has 6 heteroatoms. The van der Waals surface area contributed by atoms with Crippen LogP contribution in [0.3, 0.4) is 0 Å². The van der Waals surface area contributed by atoms with Crippen molar-refractivity contribution >= 4 is 29.2 Å². The Morgan fingerprint density at radius 1 is 0.913 bits per heavy atom. The third kappa shape index (κ3) is 5.00. The van der Waals surface area contributed by atoms with Gasteiger partial charge in [0.25, 0.3) is 5.91 Å². The summed E-state index contributed by atoms with van der Waals surface area (Å²) >= 11 is 5.76. The fourth-order valence-electron chi connectivity index (χ4n) is 1.90. The van der Waals surface area contributed by atoms with Crippen LogP contribution in [0.1, 0.15) is 35.7 Å². The van der Waals surface area contributed by atoms with E-state index < -0.39 is 6.03 Å². The number of hydrazine groups is 1. The predicted molar refractivity (Wildman–Crippen MR) is 91.6 cm³/mol. The van der Waals surface area contributed by atoms with Crippen molar-refractivity contribution in [2.24, 2.45) is 0 Å². The molecule has 0 aliphatic carbocycles. The fraction of sp³-hybridized carbons (Fsp3) is 0.176. The largest absolute Gasteiger partial charge is 0.337 e. The molecule has 0 atom stereocenters. The predicted octanol–water partition coefficient (Wildman–Crippen LogP) is 3.93. The summed E-state index contributed by atoms with van der Waals surface area (Å²) in [5.74, 6) is 0.0157. The van der Waals surface area contributed by atoms with Crippen molar-refractivity contribution in [1.29, 1.82) is 0 Å². The highest BCUT2D eigenvalue weighted by molar-refractivity contribution is 6.30. The highest BCUT2D eigenvalue weighted by Gasteiger charge is 2.08. The zero-order valence-electron chi connectivity index (χ0n) is 12.9. The van der Waals surface area contributed by atoms with Gasteiger partial charge in [-0.2, -0.15) is 0 Å². The van der Waals surface area contributed by atoms with Gasteiger partial charge in [0.05, 0.1) is 0 Å². The van der Waals surface area contributed by atoms with E-state index in [2.05, 4.69) is 30.0 Å². The summed E-state index contributed by atoms with van der Waals surface area (Å²) in [6.07, 6.45) is 0. The molecule has 0 saturated carbocycles. The normalized spacial score (nSPS) is 10.3. The Bertz CT molecular complexity index is 682. The van der Waals surface area contributed by atoms with Crippen molar-refractivity contribution in [2.45, 2.75) is 19.8 Å². The number of nitrogens with one attached hydrogen (secondary N) is 3. The van der Waals surface area contributed by atoms with Crippen LogP contribution in [0.5, 0.6) is 0 Å². The first-order valence-corrected chi connectivity index (χ1v) is 7.56. The van der Waals surface area contributed by atoms with E-state index >= 15 is 0 Å². The molecule has 0 unspecified atom stereocenters. The van der Waals surface area contributed by atoms with Gasteiger partial charge in [-0.3, -0.25) is 10.2 Å². The summed E-state index contributed by atoms with van der Waals surface area (Å²) in [5.41, 5.74) is 6.84. The number of urea groups is 1. The molecule has 0 bridgehead atoms. The minimum atomic E-state index is -0.542. The van der Waals surface area contributed by atoms with Gasteiger partial charge in [-0.1, -0.05) is 37.6 Å². The molecule has 2 aromatic carbocycles. The monoisotopic (exact) mass is 331 g/mol. The first-order valence-electron chi connectivity index (χ1n) is 7.18. The molecule has 2 rings (SSSR count). The van der Waals surface area contributed by atoms with Crippen LogP contribution < -0.4 is 16.2 Å². The smallest absolute Gasteiger partial charge is 0.307 e. The SMILES string of the molecule is CC(C)c1ccc(C(=O)NNC(=O)Nc2ccc(Cl)cc2)cc1. The lowest BCUT2D eigenvalue weighted by Crippen LogP contribution is -2.43. The van der Waals surface area contributed by atoms with Crippen LogP contribution in [0.25, 0.3) is 0 Å². The summed E-state index contributed by atoms with van der Waals surface area (Å²) in [7, 11) is 0. The van der Waals surface area contributed by atoms with Crippen molar-refractivity contribution in [1.82, 2.24) is 10.9 Å². The molecular formula is C17H18ClN3O2. The van der Waals surface area contributed by atoms with Crippen LogP contribution in [-0.2, 0) is 0 Å². The second-order valence-corrected chi connectivity index (χ2v) is 5.75. The Morgan fingerprint density at radius 2 is 1.52 bits per heavy atom. The van der Waals surface area contributed by atoms with E-state index in [1.807, 2.05) is 12.1 Å². The zero-order chi connectivity index (χ0) is 16.8. The topological polar surface area (TPSA) is 70.2 Å². The minimum Gasteiger partial charge on any atom is -0.307 e. The maximum Gasteiger partial charge on any atom is 0.337 e. The van der Waals surface area contributed by atoms with Crippen molar-refractivity contribution < 1.29 is 9.59 Å². The van der Waals surface area contributed by atoms with E-state index in [9.17, 15) is 9.59 Å². The highest BCUT2D eigenvalue weighted by Crippen LogP contribution is 2.15. The van der Waals surface area contributed by atoms with Gasteiger partial charge in [0.15, 0.2) is 0 Å².